The second kappa shape index (κ2) is 10.1. The van der Waals surface area contributed by atoms with Crippen molar-refractivity contribution < 1.29 is 19.0 Å². The molecule has 0 aromatic rings. The lowest BCUT2D eigenvalue weighted by molar-refractivity contribution is -0.134. The molecule has 27 heavy (non-hydrogen) atoms. The maximum atomic E-state index is 11.7. The fourth-order valence-corrected chi connectivity index (χ4v) is 4.67. The van der Waals surface area contributed by atoms with Crippen molar-refractivity contribution >= 4 is 6.09 Å². The molecule has 2 aliphatic carbocycles. The van der Waals surface area contributed by atoms with E-state index in [0.717, 1.165) is 25.9 Å². The van der Waals surface area contributed by atoms with E-state index >= 15 is 0 Å². The van der Waals surface area contributed by atoms with Crippen molar-refractivity contribution in [2.45, 2.75) is 96.4 Å². The second-order valence-corrected chi connectivity index (χ2v) is 9.06. The first-order valence-electron chi connectivity index (χ1n) is 10.6. The van der Waals surface area contributed by atoms with E-state index in [1.165, 1.54) is 25.7 Å². The summed E-state index contributed by atoms with van der Waals surface area (Å²) in [5.41, 5.74) is -0.127. The highest BCUT2D eigenvalue weighted by Gasteiger charge is 2.56. The first-order chi connectivity index (χ1) is 12.8. The van der Waals surface area contributed by atoms with Crippen LogP contribution in [0.4, 0.5) is 4.79 Å². The molecule has 2 N–H and O–H groups in total. The molecule has 0 radical (unpaired) electrons. The average molecular weight is 385 g/mol. The Morgan fingerprint density at radius 3 is 2.56 bits per heavy atom. The highest BCUT2D eigenvalue weighted by molar-refractivity contribution is 5.67. The van der Waals surface area contributed by atoms with Crippen molar-refractivity contribution in [3.05, 3.63) is 0 Å². The molecule has 0 unspecified atom stereocenters. The predicted molar refractivity (Wildman–Crippen MR) is 107 cm³/mol. The van der Waals surface area contributed by atoms with Gasteiger partial charge in [0, 0.05) is 37.8 Å². The normalized spacial score (nSPS) is 25.2. The van der Waals surface area contributed by atoms with Gasteiger partial charge in [-0.3, -0.25) is 0 Å². The van der Waals surface area contributed by atoms with Gasteiger partial charge < -0.3 is 24.8 Å². The summed E-state index contributed by atoms with van der Waals surface area (Å²) in [6, 6.07) is 0.830. The molecule has 3 atom stereocenters. The largest absolute Gasteiger partial charge is 0.444 e. The second-order valence-electron chi connectivity index (χ2n) is 9.06. The summed E-state index contributed by atoms with van der Waals surface area (Å²) in [7, 11) is 1.75. The molecule has 6 heteroatoms. The monoisotopic (exact) mass is 384 g/mol. The maximum absolute atomic E-state index is 11.7. The van der Waals surface area contributed by atoms with Crippen LogP contribution in [0.25, 0.3) is 0 Å². The van der Waals surface area contributed by atoms with Crippen LogP contribution in [0, 0.1) is 5.41 Å². The van der Waals surface area contributed by atoms with Crippen LogP contribution in [0.15, 0.2) is 0 Å². The van der Waals surface area contributed by atoms with Gasteiger partial charge >= 0.3 is 6.09 Å². The van der Waals surface area contributed by atoms with Crippen LogP contribution in [0.5, 0.6) is 0 Å². The third kappa shape index (κ3) is 6.33. The summed E-state index contributed by atoms with van der Waals surface area (Å²) in [5.74, 6) is 0. The quantitative estimate of drug-likeness (QED) is 0.563. The average Bonchev–Trinajstić information content (AvgIpc) is 3.09. The van der Waals surface area contributed by atoms with Gasteiger partial charge in [0.25, 0.3) is 0 Å². The lowest BCUT2D eigenvalue weighted by Gasteiger charge is -2.55. The van der Waals surface area contributed by atoms with E-state index in [0.29, 0.717) is 36.8 Å². The molecular formula is C21H40N2O4. The van der Waals surface area contributed by atoms with Crippen LogP contribution in [0.2, 0.25) is 0 Å². The summed E-state index contributed by atoms with van der Waals surface area (Å²) in [6.45, 7) is 9.83. The predicted octanol–water partition coefficient (Wildman–Crippen LogP) is 3.63. The molecule has 2 saturated carbocycles. The summed E-state index contributed by atoms with van der Waals surface area (Å²) in [5, 5.41) is 6.69. The maximum Gasteiger partial charge on any atom is 0.407 e. The van der Waals surface area contributed by atoms with E-state index in [1.54, 1.807) is 7.11 Å². The first-order valence-corrected chi connectivity index (χ1v) is 10.6. The van der Waals surface area contributed by atoms with Crippen molar-refractivity contribution in [3.63, 3.8) is 0 Å². The van der Waals surface area contributed by atoms with Gasteiger partial charge in [0.05, 0.1) is 12.7 Å². The Morgan fingerprint density at radius 1 is 1.26 bits per heavy atom. The fourth-order valence-electron chi connectivity index (χ4n) is 4.67. The van der Waals surface area contributed by atoms with Crippen LogP contribution in [0.1, 0.15) is 72.6 Å². The Hall–Kier alpha value is -0.850. The number of alkyl carbamates (subject to hydrolysis) is 1. The van der Waals surface area contributed by atoms with Crippen molar-refractivity contribution in [1.82, 2.24) is 10.6 Å². The van der Waals surface area contributed by atoms with Gasteiger partial charge in [-0.2, -0.15) is 0 Å². The third-order valence-electron chi connectivity index (χ3n) is 5.89. The van der Waals surface area contributed by atoms with Crippen LogP contribution >= 0.6 is 0 Å². The number of carbonyl (C=O) groups excluding carboxylic acids is 1. The Bertz CT molecular complexity index is 458. The highest BCUT2D eigenvalue weighted by Crippen LogP contribution is 2.54. The summed E-state index contributed by atoms with van der Waals surface area (Å²) in [6.07, 6.45) is 8.22. The Kier molecular flexibility index (Phi) is 8.38. The van der Waals surface area contributed by atoms with E-state index < -0.39 is 5.60 Å². The van der Waals surface area contributed by atoms with Crippen molar-refractivity contribution in [1.29, 1.82) is 0 Å². The van der Waals surface area contributed by atoms with E-state index in [-0.39, 0.29) is 6.09 Å². The zero-order valence-electron chi connectivity index (χ0n) is 17.9. The zero-order chi connectivity index (χ0) is 19.9. The number of amides is 1. The zero-order valence-corrected chi connectivity index (χ0v) is 17.9. The van der Waals surface area contributed by atoms with E-state index in [1.807, 2.05) is 20.8 Å². The number of ether oxygens (including phenoxy) is 3. The minimum Gasteiger partial charge on any atom is -0.444 e. The minimum atomic E-state index is -0.457. The lowest BCUT2D eigenvalue weighted by Crippen LogP contribution is -2.64. The molecule has 158 valence electrons. The van der Waals surface area contributed by atoms with Crippen LogP contribution in [-0.4, -0.2) is 56.8 Å². The Morgan fingerprint density at radius 2 is 1.96 bits per heavy atom. The Balaban J connectivity index is 1.76. The smallest absolute Gasteiger partial charge is 0.407 e. The standard InChI is InChI=1S/C21H40N2O4/c1-6-26-18-14-17(21(18)11-7-8-12-21)23-16(15-25-5)10-9-13-22-19(24)27-20(2,3)4/h16-18,23H,6-15H2,1-5H3,(H,22,24)/t16-,17+,18-/m1/s1. The number of nitrogens with one attached hydrogen (secondary N) is 2. The molecule has 0 aliphatic heterocycles. The third-order valence-corrected chi connectivity index (χ3v) is 5.89. The summed E-state index contributed by atoms with van der Waals surface area (Å²) < 4.78 is 16.7. The Labute approximate surface area is 165 Å². The fraction of sp³-hybridized carbons (Fsp3) is 0.952. The first kappa shape index (κ1) is 22.4. The molecule has 0 aromatic heterocycles. The number of hydrogen-bond acceptors (Lipinski definition) is 5. The van der Waals surface area contributed by atoms with Gasteiger partial charge in [0.15, 0.2) is 0 Å². The molecule has 0 heterocycles. The van der Waals surface area contributed by atoms with E-state index in [9.17, 15) is 4.79 Å². The molecule has 1 spiro atoms. The molecule has 2 rings (SSSR count). The lowest BCUT2D eigenvalue weighted by atomic mass is 9.60. The molecule has 0 aromatic carbocycles. The molecule has 1 amide bonds. The molecule has 2 fully saturated rings. The van der Waals surface area contributed by atoms with Crippen molar-refractivity contribution in [2.24, 2.45) is 5.41 Å². The molecule has 0 bridgehead atoms. The molecule has 2 aliphatic rings. The molecule has 6 nitrogen and oxygen atoms in total. The number of rotatable bonds is 10. The van der Waals surface area contributed by atoms with Crippen LogP contribution in [-0.2, 0) is 14.2 Å². The SMILES string of the molecule is CCO[C@@H]1C[C@H](N[C@H](CCCNC(=O)OC(C)(C)C)COC)C12CCCC2. The summed E-state index contributed by atoms with van der Waals surface area (Å²) in [4.78, 5) is 11.7. The number of hydrogen-bond donors (Lipinski definition) is 2. The topological polar surface area (TPSA) is 68.8 Å². The van der Waals surface area contributed by atoms with Gasteiger partial charge in [-0.1, -0.05) is 12.8 Å². The minimum absolute atomic E-state index is 0.306. The molecular weight excluding hydrogens is 344 g/mol. The van der Waals surface area contributed by atoms with E-state index in [4.69, 9.17) is 14.2 Å². The molecule has 0 saturated heterocycles. The number of carbonyl (C=O) groups is 1. The summed E-state index contributed by atoms with van der Waals surface area (Å²) >= 11 is 0. The van der Waals surface area contributed by atoms with Crippen LogP contribution < -0.4 is 10.6 Å². The van der Waals surface area contributed by atoms with Crippen LogP contribution in [0.3, 0.4) is 0 Å². The van der Waals surface area contributed by atoms with Gasteiger partial charge in [-0.25, -0.2) is 4.79 Å². The van der Waals surface area contributed by atoms with Gasteiger partial charge in [0.1, 0.15) is 5.60 Å². The van der Waals surface area contributed by atoms with Crippen molar-refractivity contribution in [2.75, 3.05) is 26.9 Å². The van der Waals surface area contributed by atoms with Gasteiger partial charge in [-0.15, -0.1) is 0 Å². The van der Waals surface area contributed by atoms with E-state index in [2.05, 4.69) is 17.6 Å². The highest BCUT2D eigenvalue weighted by atomic mass is 16.6. The van der Waals surface area contributed by atoms with Gasteiger partial charge in [-0.05, 0) is 59.8 Å². The number of methoxy groups -OCH3 is 1. The van der Waals surface area contributed by atoms with Gasteiger partial charge in [0.2, 0.25) is 0 Å². The van der Waals surface area contributed by atoms with Crippen molar-refractivity contribution in [3.8, 4) is 0 Å².